The van der Waals surface area contributed by atoms with Crippen molar-refractivity contribution in [3.8, 4) is 17.6 Å². The first kappa shape index (κ1) is 16.8. The summed E-state index contributed by atoms with van der Waals surface area (Å²) in [6.07, 6.45) is 3.73. The van der Waals surface area contributed by atoms with Gasteiger partial charge in [-0.25, -0.2) is 4.79 Å². The second kappa shape index (κ2) is 8.20. The maximum absolute atomic E-state index is 11.0. The summed E-state index contributed by atoms with van der Waals surface area (Å²) in [5.74, 6) is -0.288. The number of carbonyl (C=O) groups is 1. The molecule has 0 unspecified atom stereocenters. The zero-order valence-electron chi connectivity index (χ0n) is 13.1. The molecule has 1 aromatic carbocycles. The second-order valence-corrected chi connectivity index (χ2v) is 5.25. The predicted octanol–water partition coefficient (Wildman–Crippen LogP) is 2.16. The fourth-order valence-corrected chi connectivity index (χ4v) is 2.54. The molecule has 1 saturated heterocycles. The van der Waals surface area contributed by atoms with Crippen LogP contribution in [0, 0.1) is 11.3 Å². The van der Waals surface area contributed by atoms with Gasteiger partial charge in [-0.15, -0.1) is 0 Å². The van der Waals surface area contributed by atoms with Crippen LogP contribution in [-0.4, -0.2) is 49.3 Å². The largest absolute Gasteiger partial charge is 0.493 e. The molecule has 0 saturated carbocycles. The van der Waals surface area contributed by atoms with Gasteiger partial charge in [-0.05, 0) is 38.1 Å². The lowest BCUT2D eigenvalue weighted by Crippen LogP contribution is -2.25. The lowest BCUT2D eigenvalue weighted by atomic mass is 10.1. The van der Waals surface area contributed by atoms with Crippen molar-refractivity contribution in [1.29, 1.82) is 5.26 Å². The third-order valence-corrected chi connectivity index (χ3v) is 3.73. The van der Waals surface area contributed by atoms with Crippen molar-refractivity contribution >= 4 is 12.0 Å². The Morgan fingerprint density at radius 2 is 2.17 bits per heavy atom. The fourth-order valence-electron chi connectivity index (χ4n) is 2.54. The van der Waals surface area contributed by atoms with E-state index in [1.54, 1.807) is 24.3 Å². The van der Waals surface area contributed by atoms with Crippen molar-refractivity contribution in [2.45, 2.75) is 12.8 Å². The number of aliphatic carboxylic acids is 1. The molecule has 0 aliphatic carbocycles. The van der Waals surface area contributed by atoms with E-state index in [1.165, 1.54) is 26.0 Å². The SMILES string of the molecule is COc1cccc(C=C(C#N)C(=O)O)c1OCCN1CCCC1. The Labute approximate surface area is 135 Å². The van der Waals surface area contributed by atoms with Gasteiger partial charge in [0.2, 0.25) is 0 Å². The molecule has 1 fully saturated rings. The minimum atomic E-state index is -1.27. The number of nitriles is 1. The van der Waals surface area contributed by atoms with Crippen molar-refractivity contribution in [2.75, 3.05) is 33.4 Å². The number of rotatable bonds is 7. The number of carboxylic acids is 1. The number of hydrogen-bond donors (Lipinski definition) is 1. The zero-order valence-corrected chi connectivity index (χ0v) is 13.1. The number of benzene rings is 1. The molecule has 23 heavy (non-hydrogen) atoms. The van der Waals surface area contributed by atoms with Gasteiger partial charge in [0, 0.05) is 12.1 Å². The van der Waals surface area contributed by atoms with Crippen LogP contribution in [-0.2, 0) is 4.79 Å². The van der Waals surface area contributed by atoms with Gasteiger partial charge in [-0.2, -0.15) is 5.26 Å². The van der Waals surface area contributed by atoms with Crippen LogP contribution in [0.1, 0.15) is 18.4 Å². The average Bonchev–Trinajstić information content (AvgIpc) is 3.06. The van der Waals surface area contributed by atoms with Crippen LogP contribution in [0.5, 0.6) is 11.5 Å². The number of hydrogen-bond acceptors (Lipinski definition) is 5. The van der Waals surface area contributed by atoms with Gasteiger partial charge >= 0.3 is 5.97 Å². The van der Waals surface area contributed by atoms with E-state index in [2.05, 4.69) is 4.90 Å². The Kier molecular flexibility index (Phi) is 6.01. The van der Waals surface area contributed by atoms with E-state index >= 15 is 0 Å². The quantitative estimate of drug-likeness (QED) is 0.613. The summed E-state index contributed by atoms with van der Waals surface area (Å²) in [4.78, 5) is 13.3. The maximum atomic E-state index is 11.0. The Hall–Kier alpha value is -2.52. The van der Waals surface area contributed by atoms with Crippen molar-refractivity contribution in [1.82, 2.24) is 4.90 Å². The number of methoxy groups -OCH3 is 1. The standard InChI is InChI=1S/C17H20N2O4/c1-22-15-6-4-5-13(11-14(12-18)17(20)21)16(15)23-10-9-19-7-2-3-8-19/h4-6,11H,2-3,7-10H2,1H3,(H,20,21). The predicted molar refractivity (Wildman–Crippen MR) is 85.4 cm³/mol. The van der Waals surface area contributed by atoms with E-state index < -0.39 is 5.97 Å². The van der Waals surface area contributed by atoms with Gasteiger partial charge in [-0.1, -0.05) is 12.1 Å². The molecule has 1 heterocycles. The molecule has 0 atom stereocenters. The number of para-hydroxylation sites is 1. The van der Waals surface area contributed by atoms with Gasteiger partial charge in [0.1, 0.15) is 18.2 Å². The van der Waals surface area contributed by atoms with Crippen LogP contribution >= 0.6 is 0 Å². The van der Waals surface area contributed by atoms with Crippen LogP contribution in [0.25, 0.3) is 6.08 Å². The van der Waals surface area contributed by atoms with Crippen molar-refractivity contribution in [2.24, 2.45) is 0 Å². The number of nitrogens with zero attached hydrogens (tertiary/aromatic N) is 2. The van der Waals surface area contributed by atoms with Gasteiger partial charge < -0.3 is 14.6 Å². The number of ether oxygens (including phenoxy) is 2. The summed E-state index contributed by atoms with van der Waals surface area (Å²) >= 11 is 0. The second-order valence-electron chi connectivity index (χ2n) is 5.25. The molecule has 1 N–H and O–H groups in total. The molecule has 6 nitrogen and oxygen atoms in total. The molecule has 122 valence electrons. The van der Waals surface area contributed by atoms with Crippen molar-refractivity contribution < 1.29 is 19.4 Å². The summed E-state index contributed by atoms with van der Waals surface area (Å²) in [5.41, 5.74) is 0.173. The Balaban J connectivity index is 2.18. The molecule has 1 aromatic rings. The third kappa shape index (κ3) is 4.47. The highest BCUT2D eigenvalue weighted by Gasteiger charge is 2.15. The van der Waals surface area contributed by atoms with Gasteiger partial charge in [0.05, 0.1) is 7.11 Å². The molecule has 6 heteroatoms. The van der Waals surface area contributed by atoms with Gasteiger partial charge in [0.25, 0.3) is 0 Å². The molecule has 0 aromatic heterocycles. The first-order chi connectivity index (χ1) is 11.2. The molecule has 1 aliphatic rings. The van der Waals surface area contributed by atoms with E-state index in [-0.39, 0.29) is 5.57 Å². The van der Waals surface area contributed by atoms with Gasteiger partial charge in [-0.3, -0.25) is 4.90 Å². The maximum Gasteiger partial charge on any atom is 0.346 e. The lowest BCUT2D eigenvalue weighted by molar-refractivity contribution is -0.132. The fraction of sp³-hybridized carbons (Fsp3) is 0.412. The molecular formula is C17H20N2O4. The number of carboxylic acid groups (broad SMARTS) is 1. The molecule has 0 bridgehead atoms. The van der Waals surface area contributed by atoms with Crippen LogP contribution in [0.2, 0.25) is 0 Å². The Morgan fingerprint density at radius 1 is 1.43 bits per heavy atom. The lowest BCUT2D eigenvalue weighted by Gasteiger charge is -2.17. The molecule has 1 aliphatic heterocycles. The summed E-state index contributed by atoms with van der Waals surface area (Å²) in [7, 11) is 1.53. The highest BCUT2D eigenvalue weighted by Crippen LogP contribution is 2.32. The minimum absolute atomic E-state index is 0.345. The summed E-state index contributed by atoms with van der Waals surface area (Å²) in [6, 6.07) is 6.85. The van der Waals surface area contributed by atoms with Gasteiger partial charge in [0.15, 0.2) is 11.5 Å². The number of likely N-dealkylation sites (tertiary alicyclic amines) is 1. The van der Waals surface area contributed by atoms with E-state index in [9.17, 15) is 4.79 Å². The average molecular weight is 316 g/mol. The highest BCUT2D eigenvalue weighted by molar-refractivity contribution is 5.97. The summed E-state index contributed by atoms with van der Waals surface area (Å²) < 4.78 is 11.1. The topological polar surface area (TPSA) is 82.8 Å². The van der Waals surface area contributed by atoms with Crippen LogP contribution in [0.3, 0.4) is 0 Å². The smallest absolute Gasteiger partial charge is 0.346 e. The van der Waals surface area contributed by atoms with E-state index in [1.807, 2.05) is 0 Å². The zero-order chi connectivity index (χ0) is 16.7. The normalized spacial score (nSPS) is 15.2. The van der Waals surface area contributed by atoms with Crippen LogP contribution in [0.15, 0.2) is 23.8 Å². The van der Waals surface area contributed by atoms with Crippen molar-refractivity contribution in [3.05, 3.63) is 29.3 Å². The Morgan fingerprint density at radius 3 is 2.78 bits per heavy atom. The Bertz CT molecular complexity index is 628. The monoisotopic (exact) mass is 316 g/mol. The molecule has 0 spiro atoms. The first-order valence-corrected chi connectivity index (χ1v) is 7.53. The van der Waals surface area contributed by atoms with E-state index in [4.69, 9.17) is 19.8 Å². The third-order valence-electron chi connectivity index (χ3n) is 3.73. The highest BCUT2D eigenvalue weighted by atomic mass is 16.5. The van der Waals surface area contributed by atoms with Crippen molar-refractivity contribution in [3.63, 3.8) is 0 Å². The van der Waals surface area contributed by atoms with E-state index in [0.717, 1.165) is 19.6 Å². The first-order valence-electron chi connectivity index (χ1n) is 7.53. The van der Waals surface area contributed by atoms with Crippen LogP contribution < -0.4 is 9.47 Å². The summed E-state index contributed by atoms with van der Waals surface area (Å²) in [6.45, 7) is 3.46. The van der Waals surface area contributed by atoms with Crippen LogP contribution in [0.4, 0.5) is 0 Å². The molecular weight excluding hydrogens is 296 g/mol. The molecule has 2 rings (SSSR count). The molecule has 0 amide bonds. The minimum Gasteiger partial charge on any atom is -0.493 e. The van der Waals surface area contributed by atoms with E-state index in [0.29, 0.717) is 23.7 Å². The summed E-state index contributed by atoms with van der Waals surface area (Å²) in [5, 5.41) is 17.9. The molecule has 0 radical (unpaired) electrons.